The summed E-state index contributed by atoms with van der Waals surface area (Å²) in [4.78, 5) is 25.5. The Morgan fingerprint density at radius 1 is 1.12 bits per heavy atom. The highest BCUT2D eigenvalue weighted by molar-refractivity contribution is 6.13. The van der Waals surface area contributed by atoms with Crippen LogP contribution < -0.4 is 10.1 Å². The number of amides is 3. The minimum Gasteiger partial charge on any atom is -0.491 e. The first-order chi connectivity index (χ1) is 12.4. The van der Waals surface area contributed by atoms with Crippen LogP contribution in [0.5, 0.6) is 5.75 Å². The molecule has 1 aliphatic heterocycles. The van der Waals surface area contributed by atoms with Crippen LogP contribution in [0.25, 0.3) is 6.08 Å². The summed E-state index contributed by atoms with van der Waals surface area (Å²) in [5, 5.41) is 2.53. The van der Waals surface area contributed by atoms with Crippen molar-refractivity contribution in [1.82, 2.24) is 10.2 Å². The molecule has 134 valence electrons. The van der Waals surface area contributed by atoms with Gasteiger partial charge in [0.15, 0.2) is 0 Å². The van der Waals surface area contributed by atoms with Crippen LogP contribution in [0.3, 0.4) is 0 Å². The fraction of sp³-hybridized carbons (Fsp3) is 0.200. The number of hydrogen-bond acceptors (Lipinski definition) is 3. The molecule has 1 heterocycles. The molecule has 6 heteroatoms. The topological polar surface area (TPSA) is 58.6 Å². The second-order valence-corrected chi connectivity index (χ2v) is 6.21. The summed E-state index contributed by atoms with van der Waals surface area (Å²) in [6, 6.07) is 12.7. The molecule has 1 saturated heterocycles. The van der Waals surface area contributed by atoms with Gasteiger partial charge >= 0.3 is 6.03 Å². The number of urea groups is 1. The Morgan fingerprint density at radius 2 is 1.81 bits per heavy atom. The van der Waals surface area contributed by atoms with Gasteiger partial charge < -0.3 is 10.1 Å². The lowest BCUT2D eigenvalue weighted by Gasteiger charge is -2.12. The van der Waals surface area contributed by atoms with Gasteiger partial charge in [0.1, 0.15) is 17.3 Å². The third-order valence-electron chi connectivity index (χ3n) is 3.81. The highest BCUT2D eigenvalue weighted by Crippen LogP contribution is 2.20. The van der Waals surface area contributed by atoms with E-state index in [-0.39, 0.29) is 23.9 Å². The van der Waals surface area contributed by atoms with Gasteiger partial charge in [0, 0.05) is 5.56 Å². The summed E-state index contributed by atoms with van der Waals surface area (Å²) < 4.78 is 19.3. The predicted octanol–water partition coefficient (Wildman–Crippen LogP) is 3.71. The second kappa shape index (κ2) is 7.39. The van der Waals surface area contributed by atoms with Gasteiger partial charge in [0.2, 0.25) is 0 Å². The SMILES string of the molecule is CC(C)Oc1ccc(C=C2NC(=O)N(Cc3ccccc3F)C2=O)cc1. The normalized spacial score (nSPS) is 15.7. The van der Waals surface area contributed by atoms with Gasteiger partial charge in [-0.15, -0.1) is 0 Å². The van der Waals surface area contributed by atoms with E-state index in [0.29, 0.717) is 0 Å². The molecule has 0 radical (unpaired) electrons. The number of hydrogen-bond donors (Lipinski definition) is 1. The molecule has 1 fully saturated rings. The third kappa shape index (κ3) is 3.91. The molecule has 5 nitrogen and oxygen atoms in total. The van der Waals surface area contributed by atoms with Crippen molar-refractivity contribution < 1.29 is 18.7 Å². The molecule has 2 aromatic rings. The van der Waals surface area contributed by atoms with E-state index in [4.69, 9.17) is 4.74 Å². The van der Waals surface area contributed by atoms with Gasteiger partial charge in [-0.2, -0.15) is 0 Å². The van der Waals surface area contributed by atoms with Crippen molar-refractivity contribution in [3.63, 3.8) is 0 Å². The number of ether oxygens (including phenoxy) is 1. The molecule has 0 aliphatic carbocycles. The average Bonchev–Trinajstić information content (AvgIpc) is 2.85. The zero-order valence-electron chi connectivity index (χ0n) is 14.5. The molecule has 0 unspecified atom stereocenters. The molecule has 2 aromatic carbocycles. The van der Waals surface area contributed by atoms with E-state index in [1.165, 1.54) is 6.07 Å². The van der Waals surface area contributed by atoms with Crippen LogP contribution in [0, 0.1) is 5.82 Å². The van der Waals surface area contributed by atoms with Crippen molar-refractivity contribution in [3.05, 3.63) is 71.2 Å². The molecule has 1 aliphatic rings. The molecule has 26 heavy (non-hydrogen) atoms. The maximum absolute atomic E-state index is 13.8. The Morgan fingerprint density at radius 3 is 2.46 bits per heavy atom. The molecule has 0 bridgehead atoms. The summed E-state index contributed by atoms with van der Waals surface area (Å²) >= 11 is 0. The Labute approximate surface area is 151 Å². The van der Waals surface area contributed by atoms with Gasteiger partial charge in [-0.05, 0) is 43.7 Å². The monoisotopic (exact) mass is 354 g/mol. The number of benzene rings is 2. The number of rotatable bonds is 5. The van der Waals surface area contributed by atoms with Crippen molar-refractivity contribution >= 4 is 18.0 Å². The van der Waals surface area contributed by atoms with Crippen molar-refractivity contribution in [1.29, 1.82) is 0 Å². The highest BCUT2D eigenvalue weighted by atomic mass is 19.1. The zero-order chi connectivity index (χ0) is 18.7. The molecule has 0 aromatic heterocycles. The third-order valence-corrected chi connectivity index (χ3v) is 3.81. The zero-order valence-corrected chi connectivity index (χ0v) is 14.5. The number of halogens is 1. The lowest BCUT2D eigenvalue weighted by atomic mass is 10.1. The van der Waals surface area contributed by atoms with Crippen LogP contribution in [-0.2, 0) is 11.3 Å². The van der Waals surface area contributed by atoms with E-state index < -0.39 is 17.8 Å². The standard InChI is InChI=1S/C20H19FN2O3/c1-13(2)26-16-9-7-14(8-10-16)11-18-19(24)23(20(25)22-18)12-15-5-3-4-6-17(15)21/h3-11,13H,12H2,1-2H3,(H,22,25). The van der Waals surface area contributed by atoms with E-state index in [2.05, 4.69) is 5.32 Å². The van der Waals surface area contributed by atoms with Crippen LogP contribution >= 0.6 is 0 Å². The number of nitrogens with zero attached hydrogens (tertiary/aromatic N) is 1. The Hall–Kier alpha value is -3.15. The Balaban J connectivity index is 1.75. The van der Waals surface area contributed by atoms with Gasteiger partial charge in [-0.25, -0.2) is 9.18 Å². The van der Waals surface area contributed by atoms with E-state index in [1.807, 2.05) is 13.8 Å². The van der Waals surface area contributed by atoms with Gasteiger partial charge in [-0.1, -0.05) is 30.3 Å². The number of imide groups is 1. The van der Waals surface area contributed by atoms with E-state index in [0.717, 1.165) is 16.2 Å². The highest BCUT2D eigenvalue weighted by Gasteiger charge is 2.33. The first-order valence-electron chi connectivity index (χ1n) is 8.28. The largest absolute Gasteiger partial charge is 0.491 e. The summed E-state index contributed by atoms with van der Waals surface area (Å²) in [5.41, 5.74) is 1.19. The van der Waals surface area contributed by atoms with Crippen molar-refractivity contribution in [2.24, 2.45) is 0 Å². The van der Waals surface area contributed by atoms with E-state index in [9.17, 15) is 14.0 Å². The molecular formula is C20H19FN2O3. The average molecular weight is 354 g/mol. The molecule has 3 rings (SSSR count). The summed E-state index contributed by atoms with van der Waals surface area (Å²) in [5.74, 6) is -0.211. The number of carbonyl (C=O) groups is 2. The van der Waals surface area contributed by atoms with Crippen LogP contribution in [0.2, 0.25) is 0 Å². The quantitative estimate of drug-likeness (QED) is 0.658. The predicted molar refractivity (Wildman–Crippen MR) is 95.7 cm³/mol. The minimum atomic E-state index is -0.565. The van der Waals surface area contributed by atoms with Gasteiger partial charge in [0.05, 0.1) is 12.6 Å². The minimum absolute atomic E-state index is 0.0712. The van der Waals surface area contributed by atoms with Crippen molar-refractivity contribution in [2.75, 3.05) is 0 Å². The fourth-order valence-electron chi connectivity index (χ4n) is 2.59. The summed E-state index contributed by atoms with van der Waals surface area (Å²) in [6.45, 7) is 3.76. The molecule has 0 spiro atoms. The Kier molecular flexibility index (Phi) is 5.02. The van der Waals surface area contributed by atoms with Crippen LogP contribution in [-0.4, -0.2) is 22.9 Å². The molecule has 0 saturated carbocycles. The number of nitrogens with one attached hydrogen (secondary N) is 1. The summed E-state index contributed by atoms with van der Waals surface area (Å²) in [7, 11) is 0. The van der Waals surface area contributed by atoms with Crippen molar-refractivity contribution in [2.45, 2.75) is 26.5 Å². The fourth-order valence-corrected chi connectivity index (χ4v) is 2.59. The first-order valence-corrected chi connectivity index (χ1v) is 8.28. The smallest absolute Gasteiger partial charge is 0.329 e. The van der Waals surface area contributed by atoms with E-state index in [1.54, 1.807) is 48.5 Å². The van der Waals surface area contributed by atoms with Crippen LogP contribution in [0.1, 0.15) is 25.0 Å². The Bertz CT molecular complexity index is 860. The molecular weight excluding hydrogens is 335 g/mol. The van der Waals surface area contributed by atoms with Gasteiger partial charge in [-0.3, -0.25) is 9.69 Å². The molecule has 3 amide bonds. The van der Waals surface area contributed by atoms with Crippen LogP contribution in [0.4, 0.5) is 9.18 Å². The molecule has 0 atom stereocenters. The molecule has 1 N–H and O–H groups in total. The maximum Gasteiger partial charge on any atom is 0.329 e. The number of carbonyl (C=O) groups excluding carboxylic acids is 2. The lowest BCUT2D eigenvalue weighted by Crippen LogP contribution is -2.30. The van der Waals surface area contributed by atoms with Crippen LogP contribution in [0.15, 0.2) is 54.2 Å². The van der Waals surface area contributed by atoms with Gasteiger partial charge in [0.25, 0.3) is 5.91 Å². The van der Waals surface area contributed by atoms with Crippen molar-refractivity contribution in [3.8, 4) is 5.75 Å². The lowest BCUT2D eigenvalue weighted by molar-refractivity contribution is -0.123. The maximum atomic E-state index is 13.8. The second-order valence-electron chi connectivity index (χ2n) is 6.21. The summed E-state index contributed by atoms with van der Waals surface area (Å²) in [6.07, 6.45) is 1.66. The van der Waals surface area contributed by atoms with E-state index >= 15 is 0 Å². The first kappa shape index (κ1) is 17.7.